The second-order valence-corrected chi connectivity index (χ2v) is 6.73. The molecule has 0 aliphatic carbocycles. The summed E-state index contributed by atoms with van der Waals surface area (Å²) in [6.07, 6.45) is 3.59. The predicted octanol–water partition coefficient (Wildman–Crippen LogP) is 0.864. The van der Waals surface area contributed by atoms with Gasteiger partial charge < -0.3 is 9.80 Å². The van der Waals surface area contributed by atoms with Crippen molar-refractivity contribution >= 4 is 32.9 Å². The van der Waals surface area contributed by atoms with E-state index in [9.17, 15) is 0 Å². The van der Waals surface area contributed by atoms with Crippen LogP contribution in [-0.2, 0) is 0 Å². The largest absolute Gasteiger partial charge is 0.352 e. The SMILES string of the molecule is Cc1cn2nc(N3CCN(c4ccc5nncn5n4)CC3)sc2n1. The summed E-state index contributed by atoms with van der Waals surface area (Å²) in [6, 6.07) is 3.94. The average molecular weight is 341 g/mol. The molecular weight excluding hydrogens is 326 g/mol. The van der Waals surface area contributed by atoms with Crippen molar-refractivity contribution in [3.05, 3.63) is 30.4 Å². The monoisotopic (exact) mass is 341 g/mol. The van der Waals surface area contributed by atoms with Crippen LogP contribution in [0.1, 0.15) is 5.69 Å². The fourth-order valence-electron chi connectivity index (χ4n) is 2.94. The van der Waals surface area contributed by atoms with Crippen LogP contribution in [0.5, 0.6) is 0 Å². The van der Waals surface area contributed by atoms with Gasteiger partial charge in [0.2, 0.25) is 10.1 Å². The van der Waals surface area contributed by atoms with Gasteiger partial charge in [0, 0.05) is 26.2 Å². The van der Waals surface area contributed by atoms with E-state index in [1.165, 1.54) is 0 Å². The summed E-state index contributed by atoms with van der Waals surface area (Å²) in [5, 5.41) is 18.1. The highest BCUT2D eigenvalue weighted by atomic mass is 32.1. The van der Waals surface area contributed by atoms with Crippen molar-refractivity contribution in [3.63, 3.8) is 0 Å². The first-order valence-electron chi connectivity index (χ1n) is 7.76. The number of imidazole rings is 1. The van der Waals surface area contributed by atoms with E-state index >= 15 is 0 Å². The Kier molecular flexibility index (Phi) is 2.92. The topological polar surface area (TPSA) is 79.8 Å². The molecule has 0 unspecified atom stereocenters. The molecule has 0 radical (unpaired) electrons. The first kappa shape index (κ1) is 13.7. The van der Waals surface area contributed by atoms with Crippen molar-refractivity contribution < 1.29 is 0 Å². The van der Waals surface area contributed by atoms with E-state index in [-0.39, 0.29) is 0 Å². The molecule has 0 bridgehead atoms. The van der Waals surface area contributed by atoms with Crippen LogP contribution in [-0.4, -0.2) is 60.6 Å². The molecule has 4 aromatic heterocycles. The summed E-state index contributed by atoms with van der Waals surface area (Å²) in [5.74, 6) is 0.950. The zero-order valence-corrected chi connectivity index (χ0v) is 13.9. The maximum absolute atomic E-state index is 4.63. The van der Waals surface area contributed by atoms with Gasteiger partial charge in [-0.05, 0) is 19.1 Å². The predicted molar refractivity (Wildman–Crippen MR) is 90.8 cm³/mol. The van der Waals surface area contributed by atoms with Crippen molar-refractivity contribution in [1.29, 1.82) is 0 Å². The molecule has 9 nitrogen and oxygen atoms in total. The molecule has 0 spiro atoms. The molecule has 0 N–H and O–H groups in total. The average Bonchev–Trinajstić information content (AvgIpc) is 3.28. The van der Waals surface area contributed by atoms with Crippen LogP contribution in [0.3, 0.4) is 0 Å². The van der Waals surface area contributed by atoms with Gasteiger partial charge in [-0.15, -0.1) is 20.4 Å². The highest BCUT2D eigenvalue weighted by Gasteiger charge is 2.21. The zero-order valence-electron chi connectivity index (χ0n) is 13.1. The van der Waals surface area contributed by atoms with Crippen LogP contribution in [0.2, 0.25) is 0 Å². The Bertz CT molecular complexity index is 976. The van der Waals surface area contributed by atoms with Gasteiger partial charge in [-0.25, -0.2) is 9.50 Å². The van der Waals surface area contributed by atoms with Crippen LogP contribution in [0.25, 0.3) is 10.6 Å². The molecule has 1 fully saturated rings. The minimum Gasteiger partial charge on any atom is -0.352 e. The number of anilines is 2. The van der Waals surface area contributed by atoms with Gasteiger partial charge in [0.05, 0.1) is 11.9 Å². The van der Waals surface area contributed by atoms with Gasteiger partial charge in [-0.3, -0.25) is 0 Å². The van der Waals surface area contributed by atoms with Gasteiger partial charge in [0.25, 0.3) is 0 Å². The molecule has 5 rings (SSSR count). The Morgan fingerprint density at radius 2 is 1.83 bits per heavy atom. The molecule has 4 aromatic rings. The number of aryl methyl sites for hydroxylation is 1. The quantitative estimate of drug-likeness (QED) is 0.535. The normalized spacial score (nSPS) is 15.7. The Hall–Kier alpha value is -2.75. The third kappa shape index (κ3) is 2.18. The van der Waals surface area contributed by atoms with E-state index in [2.05, 4.69) is 35.2 Å². The smallest absolute Gasteiger partial charge is 0.214 e. The lowest BCUT2D eigenvalue weighted by Crippen LogP contribution is -2.47. The molecule has 1 aliphatic rings. The second kappa shape index (κ2) is 5.13. The maximum atomic E-state index is 4.63. The highest BCUT2D eigenvalue weighted by Crippen LogP contribution is 2.25. The fourth-order valence-corrected chi connectivity index (χ4v) is 3.92. The Morgan fingerprint density at radius 3 is 2.67 bits per heavy atom. The third-order valence-corrected chi connectivity index (χ3v) is 5.16. The standard InChI is InChI=1S/C14H15N9S/c1-10-8-22-13(16-10)24-14(19-22)21-6-4-20(5-7-21)12-3-2-11-17-15-9-23(11)18-12/h2-3,8-9H,4-7H2,1H3. The number of hydrogen-bond acceptors (Lipinski definition) is 8. The highest BCUT2D eigenvalue weighted by molar-refractivity contribution is 7.20. The molecule has 0 atom stereocenters. The van der Waals surface area contributed by atoms with Gasteiger partial charge in [-0.1, -0.05) is 11.3 Å². The minimum absolute atomic E-state index is 0.763. The molecule has 10 heteroatoms. The molecule has 24 heavy (non-hydrogen) atoms. The van der Waals surface area contributed by atoms with Gasteiger partial charge in [0.1, 0.15) is 12.1 Å². The van der Waals surface area contributed by atoms with Crippen molar-refractivity contribution in [2.75, 3.05) is 36.0 Å². The van der Waals surface area contributed by atoms with E-state index < -0.39 is 0 Å². The van der Waals surface area contributed by atoms with E-state index in [1.807, 2.05) is 29.8 Å². The number of aromatic nitrogens is 7. The van der Waals surface area contributed by atoms with Crippen molar-refractivity contribution in [2.24, 2.45) is 0 Å². The van der Waals surface area contributed by atoms with Crippen molar-refractivity contribution in [2.45, 2.75) is 6.92 Å². The van der Waals surface area contributed by atoms with Crippen molar-refractivity contribution in [3.8, 4) is 0 Å². The molecule has 0 saturated carbocycles. The summed E-state index contributed by atoms with van der Waals surface area (Å²) < 4.78 is 3.57. The molecule has 0 aromatic carbocycles. The lowest BCUT2D eigenvalue weighted by Gasteiger charge is -2.34. The number of rotatable bonds is 2. The van der Waals surface area contributed by atoms with Gasteiger partial charge in [-0.2, -0.15) is 4.52 Å². The summed E-state index contributed by atoms with van der Waals surface area (Å²) in [7, 11) is 0. The lowest BCUT2D eigenvalue weighted by atomic mass is 10.3. The Labute approximate surface area is 141 Å². The van der Waals surface area contributed by atoms with Crippen LogP contribution in [0, 0.1) is 6.92 Å². The molecule has 1 aliphatic heterocycles. The van der Waals surface area contributed by atoms with Crippen LogP contribution in [0.4, 0.5) is 10.9 Å². The first-order chi connectivity index (χ1) is 11.8. The summed E-state index contributed by atoms with van der Waals surface area (Å²) in [6.45, 7) is 5.62. The number of hydrogen-bond donors (Lipinski definition) is 0. The molecule has 122 valence electrons. The summed E-state index contributed by atoms with van der Waals surface area (Å²) in [4.78, 5) is 10.0. The number of nitrogens with zero attached hydrogens (tertiary/aromatic N) is 9. The summed E-state index contributed by atoms with van der Waals surface area (Å²) >= 11 is 1.64. The number of piperazine rings is 1. The molecule has 0 amide bonds. The summed E-state index contributed by atoms with van der Waals surface area (Å²) in [5.41, 5.74) is 1.76. The third-order valence-electron chi connectivity index (χ3n) is 4.17. The van der Waals surface area contributed by atoms with E-state index in [0.29, 0.717) is 0 Å². The Morgan fingerprint density at radius 1 is 1.00 bits per heavy atom. The van der Waals surface area contributed by atoms with E-state index in [0.717, 1.165) is 53.4 Å². The first-order valence-corrected chi connectivity index (χ1v) is 8.58. The van der Waals surface area contributed by atoms with Crippen LogP contribution < -0.4 is 9.80 Å². The number of fused-ring (bicyclic) bond motifs is 2. The van der Waals surface area contributed by atoms with Crippen LogP contribution >= 0.6 is 11.3 Å². The van der Waals surface area contributed by atoms with E-state index in [1.54, 1.807) is 22.2 Å². The maximum Gasteiger partial charge on any atom is 0.214 e. The minimum atomic E-state index is 0.763. The Balaban J connectivity index is 1.33. The molecular formula is C14H15N9S. The van der Waals surface area contributed by atoms with Gasteiger partial charge in [0.15, 0.2) is 5.65 Å². The van der Waals surface area contributed by atoms with Gasteiger partial charge >= 0.3 is 0 Å². The molecule has 5 heterocycles. The second-order valence-electron chi connectivity index (χ2n) is 5.79. The lowest BCUT2D eigenvalue weighted by molar-refractivity contribution is 0.637. The zero-order chi connectivity index (χ0) is 16.1. The van der Waals surface area contributed by atoms with Crippen molar-refractivity contribution in [1.82, 2.24) is 34.4 Å². The van der Waals surface area contributed by atoms with Crippen LogP contribution in [0.15, 0.2) is 24.7 Å². The van der Waals surface area contributed by atoms with E-state index in [4.69, 9.17) is 0 Å². The fraction of sp³-hybridized carbons (Fsp3) is 0.357. The molecule has 1 saturated heterocycles.